The van der Waals surface area contributed by atoms with Gasteiger partial charge in [-0.1, -0.05) is 36.4 Å². The molecule has 3 rings (SSSR count). The lowest BCUT2D eigenvalue weighted by atomic mass is 9.92. The van der Waals surface area contributed by atoms with E-state index >= 15 is 0 Å². The van der Waals surface area contributed by atoms with E-state index < -0.39 is 20.0 Å². The molecule has 0 spiro atoms. The summed E-state index contributed by atoms with van der Waals surface area (Å²) < 4.78 is 54.9. The summed E-state index contributed by atoms with van der Waals surface area (Å²) in [5, 5.41) is 0. The third-order valence-corrected chi connectivity index (χ3v) is 7.55. The van der Waals surface area contributed by atoms with Gasteiger partial charge in [0.25, 0.3) is 0 Å². The first-order valence-electron chi connectivity index (χ1n) is 8.51. The fourth-order valence-corrected chi connectivity index (χ4v) is 5.76. The van der Waals surface area contributed by atoms with E-state index in [2.05, 4.69) is 9.44 Å². The van der Waals surface area contributed by atoms with Crippen LogP contribution in [0.2, 0.25) is 0 Å². The average molecular weight is 395 g/mol. The monoisotopic (exact) mass is 394 g/mol. The third kappa shape index (κ3) is 4.70. The molecule has 2 aromatic carbocycles. The van der Waals surface area contributed by atoms with Gasteiger partial charge in [-0.2, -0.15) is 0 Å². The second-order valence-corrected chi connectivity index (χ2v) is 9.85. The van der Waals surface area contributed by atoms with Crippen LogP contribution in [0.1, 0.15) is 25.7 Å². The molecule has 0 aliphatic heterocycles. The summed E-state index contributed by atoms with van der Waals surface area (Å²) in [4.78, 5) is 0.485. The third-order valence-electron chi connectivity index (χ3n) is 4.48. The van der Waals surface area contributed by atoms with Crippen molar-refractivity contribution in [3.8, 4) is 0 Å². The summed E-state index contributed by atoms with van der Waals surface area (Å²) in [6, 6.07) is 16.1. The largest absolute Gasteiger partial charge is 0.240 e. The van der Waals surface area contributed by atoms with Gasteiger partial charge in [-0.15, -0.1) is 0 Å². The standard InChI is InChI=1S/C18H22N2O4S2/c21-25(22,17-7-3-1-4-8-17)19-15-11-13-16(14-12-15)20-26(23,24)18-9-5-2-6-10-18/h1-10,15-16,19-20H,11-14H2. The molecule has 0 atom stereocenters. The van der Waals surface area contributed by atoms with Crippen LogP contribution in [0.4, 0.5) is 0 Å². The van der Waals surface area contributed by atoms with Crippen LogP contribution in [0, 0.1) is 0 Å². The van der Waals surface area contributed by atoms with Gasteiger partial charge in [0, 0.05) is 12.1 Å². The molecule has 6 nitrogen and oxygen atoms in total. The Morgan fingerprint density at radius 2 is 0.885 bits per heavy atom. The number of benzene rings is 2. The van der Waals surface area contributed by atoms with E-state index in [1.165, 1.54) is 0 Å². The van der Waals surface area contributed by atoms with Gasteiger partial charge < -0.3 is 0 Å². The predicted molar refractivity (Wildman–Crippen MR) is 99.6 cm³/mol. The lowest BCUT2D eigenvalue weighted by Gasteiger charge is -2.29. The maximum Gasteiger partial charge on any atom is 0.240 e. The zero-order chi connectivity index (χ0) is 18.6. The lowest BCUT2D eigenvalue weighted by Crippen LogP contribution is -2.43. The summed E-state index contributed by atoms with van der Waals surface area (Å²) in [7, 11) is -7.09. The topological polar surface area (TPSA) is 92.3 Å². The van der Waals surface area contributed by atoms with Gasteiger partial charge in [0.2, 0.25) is 20.0 Å². The van der Waals surface area contributed by atoms with Gasteiger partial charge in [-0.25, -0.2) is 26.3 Å². The van der Waals surface area contributed by atoms with Crippen molar-refractivity contribution < 1.29 is 16.8 Å². The van der Waals surface area contributed by atoms with Crippen LogP contribution in [-0.4, -0.2) is 28.9 Å². The van der Waals surface area contributed by atoms with Gasteiger partial charge in [-0.05, 0) is 49.9 Å². The van der Waals surface area contributed by atoms with Crippen molar-refractivity contribution in [2.24, 2.45) is 0 Å². The van der Waals surface area contributed by atoms with Crippen LogP contribution < -0.4 is 9.44 Å². The van der Waals surface area contributed by atoms with Crippen molar-refractivity contribution in [2.75, 3.05) is 0 Å². The van der Waals surface area contributed by atoms with E-state index in [0.717, 1.165) is 0 Å². The minimum Gasteiger partial charge on any atom is -0.208 e. The highest BCUT2D eigenvalue weighted by Crippen LogP contribution is 2.22. The van der Waals surface area contributed by atoms with Crippen LogP contribution in [0.3, 0.4) is 0 Å². The van der Waals surface area contributed by atoms with Gasteiger partial charge in [0.1, 0.15) is 0 Å². The van der Waals surface area contributed by atoms with Crippen LogP contribution in [0.25, 0.3) is 0 Å². The molecule has 26 heavy (non-hydrogen) atoms. The number of sulfonamides is 2. The molecule has 1 saturated carbocycles. The Hall–Kier alpha value is -1.74. The average Bonchev–Trinajstić information content (AvgIpc) is 2.64. The lowest BCUT2D eigenvalue weighted by molar-refractivity contribution is 0.356. The Kier molecular flexibility index (Phi) is 5.76. The highest BCUT2D eigenvalue weighted by atomic mass is 32.2. The first kappa shape index (κ1) is 19.0. The van der Waals surface area contributed by atoms with E-state index in [1.54, 1.807) is 60.7 Å². The molecule has 1 aliphatic carbocycles. The fraction of sp³-hybridized carbons (Fsp3) is 0.333. The van der Waals surface area contributed by atoms with Crippen LogP contribution >= 0.6 is 0 Å². The molecule has 0 amide bonds. The molecule has 2 N–H and O–H groups in total. The van der Waals surface area contributed by atoms with E-state index in [0.29, 0.717) is 25.7 Å². The smallest absolute Gasteiger partial charge is 0.208 e. The minimum atomic E-state index is -3.54. The molecule has 1 fully saturated rings. The molecule has 0 saturated heterocycles. The van der Waals surface area contributed by atoms with Crippen molar-refractivity contribution >= 4 is 20.0 Å². The van der Waals surface area contributed by atoms with Crippen LogP contribution in [0.5, 0.6) is 0 Å². The van der Waals surface area contributed by atoms with Crippen molar-refractivity contribution in [1.29, 1.82) is 0 Å². The van der Waals surface area contributed by atoms with Crippen LogP contribution in [-0.2, 0) is 20.0 Å². The van der Waals surface area contributed by atoms with Crippen LogP contribution in [0.15, 0.2) is 70.5 Å². The van der Waals surface area contributed by atoms with E-state index in [-0.39, 0.29) is 21.9 Å². The summed E-state index contributed by atoms with van der Waals surface area (Å²) in [6.07, 6.45) is 2.37. The highest BCUT2D eigenvalue weighted by molar-refractivity contribution is 7.89. The van der Waals surface area contributed by atoms with Crippen molar-refractivity contribution in [1.82, 2.24) is 9.44 Å². The zero-order valence-corrected chi connectivity index (χ0v) is 15.8. The molecule has 0 unspecified atom stereocenters. The van der Waals surface area contributed by atoms with Crippen molar-refractivity contribution in [3.63, 3.8) is 0 Å². The van der Waals surface area contributed by atoms with E-state index in [1.807, 2.05) is 0 Å². The predicted octanol–water partition coefficient (Wildman–Crippen LogP) is 2.25. The second kappa shape index (κ2) is 7.87. The van der Waals surface area contributed by atoms with E-state index in [4.69, 9.17) is 0 Å². The number of rotatable bonds is 6. The summed E-state index contributed by atoms with van der Waals surface area (Å²) in [5.74, 6) is 0. The summed E-state index contributed by atoms with van der Waals surface area (Å²) in [5.41, 5.74) is 0. The van der Waals surface area contributed by atoms with Gasteiger partial charge in [-0.3, -0.25) is 0 Å². The molecule has 140 valence electrons. The molecular weight excluding hydrogens is 372 g/mol. The second-order valence-electron chi connectivity index (χ2n) is 6.42. The van der Waals surface area contributed by atoms with Crippen molar-refractivity contribution in [3.05, 3.63) is 60.7 Å². The zero-order valence-electron chi connectivity index (χ0n) is 14.2. The molecule has 0 bridgehead atoms. The Morgan fingerprint density at radius 1 is 0.577 bits per heavy atom. The molecule has 1 aliphatic rings. The first-order valence-corrected chi connectivity index (χ1v) is 11.5. The van der Waals surface area contributed by atoms with Gasteiger partial charge in [0.15, 0.2) is 0 Å². The SMILES string of the molecule is O=S(=O)(NC1CCC(NS(=O)(=O)c2ccccc2)CC1)c1ccccc1. The van der Waals surface area contributed by atoms with Gasteiger partial charge in [0.05, 0.1) is 9.79 Å². The Bertz CT molecular complexity index is 842. The maximum absolute atomic E-state index is 12.4. The molecule has 0 heterocycles. The summed E-state index contributed by atoms with van der Waals surface area (Å²) >= 11 is 0. The summed E-state index contributed by atoms with van der Waals surface area (Å²) in [6.45, 7) is 0. The van der Waals surface area contributed by atoms with Gasteiger partial charge >= 0.3 is 0 Å². The minimum absolute atomic E-state index is 0.183. The van der Waals surface area contributed by atoms with Crippen molar-refractivity contribution in [2.45, 2.75) is 47.6 Å². The van der Waals surface area contributed by atoms with E-state index in [9.17, 15) is 16.8 Å². The molecule has 2 aromatic rings. The Balaban J connectivity index is 1.56. The molecule has 0 radical (unpaired) electrons. The maximum atomic E-state index is 12.4. The quantitative estimate of drug-likeness (QED) is 0.786. The first-order chi connectivity index (χ1) is 12.4. The Labute approximate surface area is 154 Å². The highest BCUT2D eigenvalue weighted by Gasteiger charge is 2.28. The number of hydrogen-bond donors (Lipinski definition) is 2. The number of hydrogen-bond acceptors (Lipinski definition) is 4. The molecule has 0 aromatic heterocycles. The molecular formula is C18H22N2O4S2. The molecule has 8 heteroatoms. The fourth-order valence-electron chi connectivity index (χ4n) is 3.10. The Morgan fingerprint density at radius 3 is 1.19 bits per heavy atom. The normalized spacial score (nSPS) is 21.4. The number of nitrogens with one attached hydrogen (secondary N) is 2.